The third kappa shape index (κ3) is 5.57. The van der Waals surface area contributed by atoms with Crippen molar-refractivity contribution in [1.29, 1.82) is 0 Å². The number of carbonyl (C=O) groups excluding carboxylic acids is 1. The Balaban J connectivity index is 1.54. The summed E-state index contributed by atoms with van der Waals surface area (Å²) in [5.41, 5.74) is 1.05. The average molecular weight is 407 g/mol. The van der Waals surface area contributed by atoms with Crippen LogP contribution in [0.25, 0.3) is 0 Å². The molecule has 1 aliphatic carbocycles. The molecule has 0 aromatic heterocycles. The Kier molecular flexibility index (Phi) is 7.52. The maximum absolute atomic E-state index is 13.1. The summed E-state index contributed by atoms with van der Waals surface area (Å²) in [4.78, 5) is 12.6. The second-order valence-electron chi connectivity index (χ2n) is 8.43. The van der Waals surface area contributed by atoms with E-state index in [4.69, 9.17) is 0 Å². The number of benzene rings is 1. The summed E-state index contributed by atoms with van der Waals surface area (Å²) in [5, 5.41) is 3.04. The van der Waals surface area contributed by atoms with E-state index < -0.39 is 10.0 Å². The summed E-state index contributed by atoms with van der Waals surface area (Å²) in [5.74, 6) is 0.650. The normalized spacial score (nSPS) is 22.1. The van der Waals surface area contributed by atoms with Gasteiger partial charge in [0.25, 0.3) is 0 Å². The molecular formula is C22H34N2O3S. The van der Waals surface area contributed by atoms with Gasteiger partial charge in [0.05, 0.1) is 4.90 Å². The van der Waals surface area contributed by atoms with Crippen molar-refractivity contribution < 1.29 is 13.2 Å². The molecule has 2 aliphatic rings. The lowest BCUT2D eigenvalue weighted by molar-refractivity contribution is -0.122. The van der Waals surface area contributed by atoms with Gasteiger partial charge >= 0.3 is 0 Å². The summed E-state index contributed by atoms with van der Waals surface area (Å²) >= 11 is 0. The molecule has 1 atom stereocenters. The van der Waals surface area contributed by atoms with Crippen LogP contribution >= 0.6 is 0 Å². The first-order valence-corrected chi connectivity index (χ1v) is 12.3. The van der Waals surface area contributed by atoms with E-state index in [0.29, 0.717) is 36.7 Å². The van der Waals surface area contributed by atoms with Crippen molar-refractivity contribution >= 4 is 15.9 Å². The van der Waals surface area contributed by atoms with Gasteiger partial charge in [-0.15, -0.1) is 0 Å². The molecule has 1 N–H and O–H groups in total. The number of nitrogens with one attached hydrogen (secondary N) is 1. The van der Waals surface area contributed by atoms with Gasteiger partial charge in [-0.1, -0.05) is 43.4 Å². The van der Waals surface area contributed by atoms with E-state index in [2.05, 4.69) is 5.32 Å². The van der Waals surface area contributed by atoms with Gasteiger partial charge < -0.3 is 5.32 Å². The number of carbonyl (C=O) groups is 1. The average Bonchev–Trinajstić information content (AvgIpc) is 2.69. The molecule has 2 fully saturated rings. The van der Waals surface area contributed by atoms with E-state index in [9.17, 15) is 13.2 Å². The van der Waals surface area contributed by atoms with Crippen molar-refractivity contribution in [3.63, 3.8) is 0 Å². The van der Waals surface area contributed by atoms with Crippen molar-refractivity contribution in [3.05, 3.63) is 29.8 Å². The van der Waals surface area contributed by atoms with E-state index in [1.165, 1.54) is 32.1 Å². The number of rotatable bonds is 7. The Morgan fingerprint density at radius 3 is 2.43 bits per heavy atom. The molecule has 1 amide bonds. The highest BCUT2D eigenvalue weighted by Gasteiger charge is 2.33. The van der Waals surface area contributed by atoms with Gasteiger partial charge in [0.1, 0.15) is 0 Å². The van der Waals surface area contributed by atoms with Gasteiger partial charge in [-0.05, 0) is 57.1 Å². The largest absolute Gasteiger partial charge is 0.356 e. The number of hydrogen-bond donors (Lipinski definition) is 1. The molecule has 1 aromatic rings. The Morgan fingerprint density at radius 2 is 1.71 bits per heavy atom. The molecule has 6 heteroatoms. The molecule has 156 valence electrons. The molecule has 1 saturated carbocycles. The van der Waals surface area contributed by atoms with Gasteiger partial charge in [0, 0.05) is 25.6 Å². The Labute approximate surface area is 169 Å². The fraction of sp³-hybridized carbons (Fsp3) is 0.682. The standard InChI is InChI=1S/C22H34N2O3S/c1-18-10-12-21(13-11-18)28(26,27)24-16-6-5-9-20(24)14-15-23-22(25)17-19-7-3-2-4-8-19/h10-13,19-20H,2-9,14-17H2,1H3,(H,23,25). The number of amides is 1. The van der Waals surface area contributed by atoms with Gasteiger partial charge in [-0.2, -0.15) is 4.31 Å². The van der Waals surface area contributed by atoms with Crippen molar-refractivity contribution in [1.82, 2.24) is 9.62 Å². The van der Waals surface area contributed by atoms with Crippen LogP contribution in [0.4, 0.5) is 0 Å². The first-order chi connectivity index (χ1) is 13.5. The first kappa shape index (κ1) is 21.3. The second kappa shape index (κ2) is 9.88. The number of nitrogens with zero attached hydrogens (tertiary/aromatic N) is 1. The smallest absolute Gasteiger partial charge is 0.243 e. The maximum Gasteiger partial charge on any atom is 0.243 e. The lowest BCUT2D eigenvalue weighted by atomic mass is 9.87. The molecule has 0 spiro atoms. The van der Waals surface area contributed by atoms with Gasteiger partial charge in [0.15, 0.2) is 0 Å². The predicted molar refractivity (Wildman–Crippen MR) is 112 cm³/mol. The molecule has 3 rings (SSSR count). The van der Waals surface area contributed by atoms with E-state index in [1.54, 1.807) is 16.4 Å². The summed E-state index contributed by atoms with van der Waals surface area (Å²) in [6.45, 7) is 3.07. The zero-order valence-corrected chi connectivity index (χ0v) is 17.8. The van der Waals surface area contributed by atoms with Gasteiger partial charge in [0.2, 0.25) is 15.9 Å². The van der Waals surface area contributed by atoms with Gasteiger partial charge in [-0.3, -0.25) is 4.79 Å². The highest BCUT2D eigenvalue weighted by molar-refractivity contribution is 7.89. The maximum atomic E-state index is 13.1. The summed E-state index contributed by atoms with van der Waals surface area (Å²) < 4.78 is 27.9. The number of piperidine rings is 1. The number of hydrogen-bond acceptors (Lipinski definition) is 3. The fourth-order valence-electron chi connectivity index (χ4n) is 4.53. The third-order valence-corrected chi connectivity index (χ3v) is 8.17. The summed E-state index contributed by atoms with van der Waals surface area (Å²) in [7, 11) is -3.48. The Morgan fingerprint density at radius 1 is 1.04 bits per heavy atom. The van der Waals surface area contributed by atoms with Crippen LogP contribution in [0.1, 0.15) is 69.8 Å². The van der Waals surface area contributed by atoms with Crippen LogP contribution in [0.5, 0.6) is 0 Å². The van der Waals surface area contributed by atoms with Crippen molar-refractivity contribution in [2.75, 3.05) is 13.1 Å². The second-order valence-corrected chi connectivity index (χ2v) is 10.3. The van der Waals surface area contributed by atoms with E-state index >= 15 is 0 Å². The van der Waals surface area contributed by atoms with Gasteiger partial charge in [-0.25, -0.2) is 8.42 Å². The predicted octanol–water partition coefficient (Wildman–Crippen LogP) is 4.01. The van der Waals surface area contributed by atoms with E-state index in [-0.39, 0.29) is 11.9 Å². The molecule has 1 aromatic carbocycles. The Bertz CT molecular complexity index is 740. The van der Waals surface area contributed by atoms with Crippen LogP contribution in [0.15, 0.2) is 29.2 Å². The minimum Gasteiger partial charge on any atom is -0.356 e. The Hall–Kier alpha value is -1.40. The minimum absolute atomic E-state index is 0.0324. The summed E-state index contributed by atoms with van der Waals surface area (Å²) in [6.07, 6.45) is 10.2. The molecule has 1 aliphatic heterocycles. The lowest BCUT2D eigenvalue weighted by Crippen LogP contribution is -2.45. The van der Waals surface area contributed by atoms with Crippen LogP contribution in [-0.2, 0) is 14.8 Å². The molecule has 1 saturated heterocycles. The van der Waals surface area contributed by atoms with E-state index in [1.807, 2.05) is 19.1 Å². The zero-order valence-electron chi connectivity index (χ0n) is 17.0. The molecule has 5 nitrogen and oxygen atoms in total. The highest BCUT2D eigenvalue weighted by Crippen LogP contribution is 2.28. The monoisotopic (exact) mass is 406 g/mol. The molecule has 28 heavy (non-hydrogen) atoms. The van der Waals surface area contributed by atoms with Crippen molar-refractivity contribution in [2.45, 2.75) is 82.1 Å². The SMILES string of the molecule is Cc1ccc(S(=O)(=O)N2CCCCC2CCNC(=O)CC2CCCCC2)cc1. The zero-order chi connectivity index (χ0) is 20.0. The molecule has 0 radical (unpaired) electrons. The highest BCUT2D eigenvalue weighted by atomic mass is 32.2. The quantitative estimate of drug-likeness (QED) is 0.744. The van der Waals surface area contributed by atoms with Crippen molar-refractivity contribution in [2.24, 2.45) is 5.92 Å². The topological polar surface area (TPSA) is 66.5 Å². The molecule has 0 bridgehead atoms. The fourth-order valence-corrected chi connectivity index (χ4v) is 6.25. The molecular weight excluding hydrogens is 372 g/mol. The number of aryl methyl sites for hydroxylation is 1. The first-order valence-electron chi connectivity index (χ1n) is 10.8. The number of sulfonamides is 1. The van der Waals surface area contributed by atoms with Crippen LogP contribution in [-0.4, -0.2) is 37.8 Å². The summed E-state index contributed by atoms with van der Waals surface area (Å²) in [6, 6.07) is 7.05. The lowest BCUT2D eigenvalue weighted by Gasteiger charge is -2.35. The molecule has 1 unspecified atom stereocenters. The van der Waals surface area contributed by atoms with Crippen LogP contribution < -0.4 is 5.32 Å². The third-order valence-electron chi connectivity index (χ3n) is 6.20. The van der Waals surface area contributed by atoms with Crippen molar-refractivity contribution in [3.8, 4) is 0 Å². The van der Waals surface area contributed by atoms with Crippen LogP contribution in [0, 0.1) is 12.8 Å². The molecule has 1 heterocycles. The van der Waals surface area contributed by atoms with Crippen LogP contribution in [0.2, 0.25) is 0 Å². The van der Waals surface area contributed by atoms with E-state index in [0.717, 1.165) is 24.8 Å². The van der Waals surface area contributed by atoms with Crippen LogP contribution in [0.3, 0.4) is 0 Å². The minimum atomic E-state index is -3.48.